The molecule has 288 valence electrons. The van der Waals surface area contributed by atoms with Crippen LogP contribution in [0.5, 0.6) is 0 Å². The van der Waals surface area contributed by atoms with Crippen molar-refractivity contribution in [2.75, 3.05) is 0 Å². The molecule has 3 nitrogen and oxygen atoms in total. The van der Waals surface area contributed by atoms with Crippen LogP contribution in [0.3, 0.4) is 0 Å². The lowest BCUT2D eigenvalue weighted by Crippen LogP contribution is -2.16. The third-order valence-electron chi connectivity index (χ3n) is 10.4. The highest BCUT2D eigenvalue weighted by Gasteiger charge is 2.24. The number of benzene rings is 1. The van der Waals surface area contributed by atoms with E-state index in [1.165, 1.54) is 191 Å². The van der Waals surface area contributed by atoms with Crippen molar-refractivity contribution in [2.24, 2.45) is 0 Å². The summed E-state index contributed by atoms with van der Waals surface area (Å²) in [5.74, 6) is 0. The Labute approximate surface area is 308 Å². The Morgan fingerprint density at radius 1 is 0.429 bits per heavy atom. The van der Waals surface area contributed by atoms with E-state index >= 15 is 0 Å². The lowest BCUT2D eigenvalue weighted by atomic mass is 9.90. The van der Waals surface area contributed by atoms with Gasteiger partial charge < -0.3 is 0 Å². The van der Waals surface area contributed by atoms with Gasteiger partial charge >= 0.3 is 0 Å². The van der Waals surface area contributed by atoms with Crippen molar-refractivity contribution in [2.45, 2.75) is 258 Å². The molecule has 0 atom stereocenters. The number of unbranched alkanes of at least 4 members (excludes halogenated alkanes) is 27. The predicted octanol–water partition coefficient (Wildman–Crippen LogP) is 15.2. The van der Waals surface area contributed by atoms with E-state index in [2.05, 4.69) is 26.8 Å². The fraction of sp³-hybridized carbons (Fsp3) is 0.867. The molecule has 1 aromatic rings. The second kappa shape index (κ2) is 31.8. The topological polar surface area (TPSA) is 43.4 Å². The van der Waals surface area contributed by atoms with Crippen LogP contribution in [0.1, 0.15) is 244 Å². The highest BCUT2D eigenvalue weighted by Crippen LogP contribution is 2.31. The molecule has 0 saturated carbocycles. The van der Waals surface area contributed by atoms with Crippen molar-refractivity contribution in [1.82, 2.24) is 0 Å². The Balaban J connectivity index is 2.92. The summed E-state index contributed by atoms with van der Waals surface area (Å²) >= 11 is 0. The maximum Gasteiger partial charge on any atom is 0.297 e. The summed E-state index contributed by atoms with van der Waals surface area (Å²) in [5.41, 5.74) is 3.83. The molecule has 0 unspecified atom stereocenters. The second-order valence-corrected chi connectivity index (χ2v) is 17.1. The van der Waals surface area contributed by atoms with Crippen molar-refractivity contribution in [1.29, 1.82) is 0 Å². The fourth-order valence-electron chi connectivity index (χ4n) is 7.46. The van der Waals surface area contributed by atoms with Gasteiger partial charge in [-0.05, 0) is 75.1 Å². The monoisotopic (exact) mass is 705 g/mol. The van der Waals surface area contributed by atoms with Crippen LogP contribution in [0.25, 0.3) is 0 Å². The molecule has 0 saturated heterocycles. The summed E-state index contributed by atoms with van der Waals surface area (Å²) in [7, 11) is -3.79. The molecule has 0 amide bonds. The van der Waals surface area contributed by atoms with Crippen LogP contribution >= 0.6 is 0 Å². The van der Waals surface area contributed by atoms with Crippen LogP contribution in [-0.2, 0) is 33.6 Å². The maximum atomic E-state index is 13.6. The van der Waals surface area contributed by atoms with Crippen molar-refractivity contribution in [3.8, 4) is 0 Å². The lowest BCUT2D eigenvalue weighted by molar-refractivity contribution is 0.248. The maximum absolute atomic E-state index is 13.6. The van der Waals surface area contributed by atoms with E-state index in [4.69, 9.17) is 4.18 Å². The van der Waals surface area contributed by atoms with E-state index in [0.717, 1.165) is 37.7 Å². The SMILES string of the molecule is CCCCCCCCCCCCc1ccc(S(=O)(=O)OC(C)C)c(CCCCCCCCCCCC)c1CCCCCCCCCCCC. The smallest absolute Gasteiger partial charge is 0.264 e. The zero-order chi connectivity index (χ0) is 35.8. The third kappa shape index (κ3) is 24.1. The zero-order valence-corrected chi connectivity index (χ0v) is 34.5. The molecular formula is C45H84O3S. The van der Waals surface area contributed by atoms with Crippen LogP contribution in [0.15, 0.2) is 17.0 Å². The number of rotatable bonds is 36. The normalized spacial score (nSPS) is 12.0. The minimum absolute atomic E-state index is 0.355. The Morgan fingerprint density at radius 2 is 0.735 bits per heavy atom. The summed E-state index contributed by atoms with van der Waals surface area (Å²) in [6.45, 7) is 10.5. The minimum Gasteiger partial charge on any atom is -0.264 e. The average molecular weight is 705 g/mol. The van der Waals surface area contributed by atoms with Crippen LogP contribution in [0.2, 0.25) is 0 Å². The highest BCUT2D eigenvalue weighted by atomic mass is 32.2. The van der Waals surface area contributed by atoms with Gasteiger partial charge in [-0.15, -0.1) is 0 Å². The first-order chi connectivity index (χ1) is 23.9. The largest absolute Gasteiger partial charge is 0.297 e. The molecule has 0 bridgehead atoms. The van der Waals surface area contributed by atoms with Gasteiger partial charge in [-0.3, -0.25) is 4.18 Å². The zero-order valence-electron chi connectivity index (χ0n) is 33.7. The van der Waals surface area contributed by atoms with Crippen LogP contribution in [-0.4, -0.2) is 14.5 Å². The standard InChI is InChI=1S/C45H84O3S/c1-6-9-12-15-18-21-24-27-30-33-36-42-39-40-45(49(46,47)48-41(4)5)44(38-35-32-29-26-23-20-17-14-11-8-3)43(42)37-34-31-28-25-22-19-16-13-10-7-2/h39-41H,6-38H2,1-5H3. The van der Waals surface area contributed by atoms with Gasteiger partial charge in [0.25, 0.3) is 10.1 Å². The van der Waals surface area contributed by atoms with Gasteiger partial charge in [-0.25, -0.2) is 0 Å². The molecular weight excluding hydrogens is 621 g/mol. The van der Waals surface area contributed by atoms with E-state index in [0.29, 0.717) is 4.90 Å². The number of hydrogen-bond donors (Lipinski definition) is 0. The summed E-state index contributed by atoms with van der Waals surface area (Å²) in [5, 5.41) is 0. The second-order valence-electron chi connectivity index (χ2n) is 15.6. The van der Waals surface area contributed by atoms with Gasteiger partial charge in [-0.1, -0.05) is 200 Å². The molecule has 0 radical (unpaired) electrons. The molecule has 0 fully saturated rings. The number of aryl methyl sites for hydroxylation is 1. The molecule has 0 aromatic heterocycles. The average Bonchev–Trinajstić information content (AvgIpc) is 3.07. The van der Waals surface area contributed by atoms with E-state index in [1.807, 2.05) is 19.9 Å². The Kier molecular flexibility index (Phi) is 30.0. The molecule has 0 heterocycles. The molecule has 0 spiro atoms. The molecule has 0 N–H and O–H groups in total. The predicted molar refractivity (Wildman–Crippen MR) is 216 cm³/mol. The molecule has 0 aliphatic heterocycles. The molecule has 1 rings (SSSR count). The van der Waals surface area contributed by atoms with Gasteiger partial charge in [0.15, 0.2) is 0 Å². The molecule has 0 aliphatic carbocycles. The minimum atomic E-state index is -3.79. The summed E-state index contributed by atoms with van der Waals surface area (Å²) < 4.78 is 32.7. The van der Waals surface area contributed by atoms with Crippen molar-refractivity contribution >= 4 is 10.1 Å². The van der Waals surface area contributed by atoms with Crippen molar-refractivity contribution < 1.29 is 12.6 Å². The van der Waals surface area contributed by atoms with Crippen LogP contribution in [0.4, 0.5) is 0 Å². The molecule has 4 heteroatoms. The van der Waals surface area contributed by atoms with Gasteiger partial charge in [0, 0.05) is 0 Å². The van der Waals surface area contributed by atoms with Gasteiger partial charge in [0.2, 0.25) is 0 Å². The Bertz CT molecular complexity index is 983. The highest BCUT2D eigenvalue weighted by molar-refractivity contribution is 7.86. The lowest BCUT2D eigenvalue weighted by Gasteiger charge is -2.20. The first-order valence-corrected chi connectivity index (χ1v) is 23.3. The first-order valence-electron chi connectivity index (χ1n) is 21.9. The van der Waals surface area contributed by atoms with Crippen molar-refractivity contribution in [3.05, 3.63) is 28.8 Å². The van der Waals surface area contributed by atoms with Gasteiger partial charge in [-0.2, -0.15) is 8.42 Å². The molecule has 49 heavy (non-hydrogen) atoms. The van der Waals surface area contributed by atoms with Crippen LogP contribution < -0.4 is 0 Å². The van der Waals surface area contributed by atoms with Crippen molar-refractivity contribution in [3.63, 3.8) is 0 Å². The third-order valence-corrected chi connectivity index (χ3v) is 12.0. The van der Waals surface area contributed by atoms with Gasteiger partial charge in [0.05, 0.1) is 11.0 Å². The quantitative estimate of drug-likeness (QED) is 0.0516. The Morgan fingerprint density at radius 3 is 1.08 bits per heavy atom. The van der Waals surface area contributed by atoms with E-state index in [9.17, 15) is 8.42 Å². The Hall–Kier alpha value is -0.870. The summed E-state index contributed by atoms with van der Waals surface area (Å²) in [4.78, 5) is 0.450. The molecule has 0 aliphatic rings. The summed E-state index contributed by atoms with van der Waals surface area (Å²) in [6, 6.07) is 4.05. The van der Waals surface area contributed by atoms with Crippen LogP contribution in [0, 0.1) is 0 Å². The number of hydrogen-bond acceptors (Lipinski definition) is 3. The first kappa shape index (κ1) is 46.2. The van der Waals surface area contributed by atoms with E-state index < -0.39 is 10.1 Å². The molecule has 1 aromatic carbocycles. The summed E-state index contributed by atoms with van der Waals surface area (Å²) in [6.07, 6.45) is 42.1. The fourth-order valence-corrected chi connectivity index (χ4v) is 8.83. The van der Waals surface area contributed by atoms with E-state index in [1.54, 1.807) is 0 Å². The van der Waals surface area contributed by atoms with E-state index in [-0.39, 0.29) is 6.10 Å². The van der Waals surface area contributed by atoms with Gasteiger partial charge in [0.1, 0.15) is 0 Å².